The van der Waals surface area contributed by atoms with Crippen LogP contribution in [0.15, 0.2) is 18.2 Å². The minimum Gasteiger partial charge on any atom is -0.496 e. The molecule has 0 aromatic heterocycles. The number of hydrogen-bond acceptors (Lipinski definition) is 2. The number of carbonyl (C=O) groups excluding carboxylic acids is 1. The van der Waals surface area contributed by atoms with Gasteiger partial charge in [0.1, 0.15) is 12.0 Å². The highest BCUT2D eigenvalue weighted by Gasteiger charge is 2.44. The fraction of sp³-hybridized carbons (Fsp3) is 0.462. The first-order valence-corrected chi connectivity index (χ1v) is 5.39. The molecule has 1 aromatic rings. The summed E-state index contributed by atoms with van der Waals surface area (Å²) < 4.78 is 5.27. The average Bonchev–Trinajstić information content (AvgIpc) is 3.09. The summed E-state index contributed by atoms with van der Waals surface area (Å²) in [5.74, 6) is 0.919. The summed E-state index contributed by atoms with van der Waals surface area (Å²) in [5, 5.41) is 0. The van der Waals surface area contributed by atoms with Crippen molar-refractivity contribution in [1.82, 2.24) is 0 Å². The van der Waals surface area contributed by atoms with Crippen LogP contribution >= 0.6 is 0 Å². The quantitative estimate of drug-likeness (QED) is 0.704. The van der Waals surface area contributed by atoms with Crippen LogP contribution in [0.25, 0.3) is 0 Å². The summed E-state index contributed by atoms with van der Waals surface area (Å²) in [7, 11) is 1.68. The average molecular weight is 204 g/mol. The third kappa shape index (κ3) is 1.65. The molecule has 0 aliphatic heterocycles. The molecule has 0 atom stereocenters. The highest BCUT2D eigenvalue weighted by molar-refractivity contribution is 5.73. The second kappa shape index (κ2) is 3.69. The molecule has 1 saturated carbocycles. The van der Waals surface area contributed by atoms with Crippen LogP contribution < -0.4 is 4.74 Å². The lowest BCUT2D eigenvalue weighted by molar-refractivity contribution is -0.109. The molecule has 0 amide bonds. The van der Waals surface area contributed by atoms with Crippen molar-refractivity contribution in [3.63, 3.8) is 0 Å². The SMILES string of the molecule is CCc1cc(C2(C=O)CC2)ccc1OC. The minimum atomic E-state index is -0.170. The van der Waals surface area contributed by atoms with E-state index >= 15 is 0 Å². The molecule has 1 aliphatic carbocycles. The predicted molar refractivity (Wildman–Crippen MR) is 59.3 cm³/mol. The Morgan fingerprint density at radius 1 is 1.47 bits per heavy atom. The van der Waals surface area contributed by atoms with Crippen LogP contribution in [0.4, 0.5) is 0 Å². The number of rotatable bonds is 4. The van der Waals surface area contributed by atoms with Gasteiger partial charge < -0.3 is 9.53 Å². The molecule has 0 bridgehead atoms. The number of aldehydes is 1. The number of carbonyl (C=O) groups is 1. The summed E-state index contributed by atoms with van der Waals surface area (Å²) in [6.45, 7) is 2.10. The number of benzene rings is 1. The van der Waals surface area contributed by atoms with Gasteiger partial charge in [0.15, 0.2) is 0 Å². The van der Waals surface area contributed by atoms with Crippen LogP contribution in [0.5, 0.6) is 5.75 Å². The molecular weight excluding hydrogens is 188 g/mol. The van der Waals surface area contributed by atoms with E-state index in [0.717, 1.165) is 36.9 Å². The molecular formula is C13H16O2. The van der Waals surface area contributed by atoms with Crippen molar-refractivity contribution >= 4 is 6.29 Å². The Hall–Kier alpha value is -1.31. The highest BCUT2D eigenvalue weighted by atomic mass is 16.5. The summed E-state index contributed by atoms with van der Waals surface area (Å²) in [6.07, 6.45) is 4.01. The lowest BCUT2D eigenvalue weighted by Gasteiger charge is -2.12. The normalized spacial score (nSPS) is 17.2. The van der Waals surface area contributed by atoms with Crippen molar-refractivity contribution < 1.29 is 9.53 Å². The molecule has 2 nitrogen and oxygen atoms in total. The number of aryl methyl sites for hydroxylation is 1. The number of hydrogen-bond donors (Lipinski definition) is 0. The molecule has 80 valence electrons. The van der Waals surface area contributed by atoms with Gasteiger partial charge in [-0.15, -0.1) is 0 Å². The summed E-state index contributed by atoms with van der Waals surface area (Å²) in [6, 6.07) is 6.09. The molecule has 0 heterocycles. The molecule has 1 aliphatic rings. The van der Waals surface area contributed by atoms with Crippen LogP contribution in [-0.4, -0.2) is 13.4 Å². The third-order valence-electron chi connectivity index (χ3n) is 3.25. The molecule has 0 unspecified atom stereocenters. The fourth-order valence-electron chi connectivity index (χ4n) is 1.97. The largest absolute Gasteiger partial charge is 0.496 e. The van der Waals surface area contributed by atoms with Gasteiger partial charge in [0.25, 0.3) is 0 Å². The molecule has 0 radical (unpaired) electrons. The van der Waals surface area contributed by atoms with E-state index in [1.54, 1.807) is 7.11 Å². The lowest BCUT2D eigenvalue weighted by atomic mass is 9.95. The van der Waals surface area contributed by atoms with E-state index < -0.39 is 0 Å². The van der Waals surface area contributed by atoms with Gasteiger partial charge in [-0.3, -0.25) is 0 Å². The summed E-state index contributed by atoms with van der Waals surface area (Å²) >= 11 is 0. The molecule has 2 heteroatoms. The standard InChI is InChI=1S/C13H16O2/c1-3-10-8-11(4-5-12(10)15-2)13(9-14)6-7-13/h4-5,8-9H,3,6-7H2,1-2H3. The number of methoxy groups -OCH3 is 1. The van der Waals surface area contributed by atoms with Gasteiger partial charge in [0, 0.05) is 0 Å². The first-order valence-electron chi connectivity index (χ1n) is 5.39. The smallest absolute Gasteiger partial charge is 0.130 e. The second-order valence-electron chi connectivity index (χ2n) is 4.15. The van der Waals surface area contributed by atoms with Crippen molar-refractivity contribution in [2.75, 3.05) is 7.11 Å². The van der Waals surface area contributed by atoms with Gasteiger partial charge in [-0.2, -0.15) is 0 Å². The Morgan fingerprint density at radius 3 is 2.67 bits per heavy atom. The van der Waals surface area contributed by atoms with Crippen molar-refractivity contribution in [2.45, 2.75) is 31.6 Å². The Kier molecular flexibility index (Phi) is 2.51. The van der Waals surface area contributed by atoms with E-state index in [2.05, 4.69) is 13.0 Å². The van der Waals surface area contributed by atoms with Crippen molar-refractivity contribution in [1.29, 1.82) is 0 Å². The maximum Gasteiger partial charge on any atom is 0.130 e. The summed E-state index contributed by atoms with van der Waals surface area (Å²) in [4.78, 5) is 11.0. The topological polar surface area (TPSA) is 26.3 Å². The van der Waals surface area contributed by atoms with Crippen molar-refractivity contribution in [2.24, 2.45) is 0 Å². The lowest BCUT2D eigenvalue weighted by Crippen LogP contribution is -2.08. The van der Waals surface area contributed by atoms with Gasteiger partial charge in [-0.05, 0) is 36.5 Å². The minimum absolute atomic E-state index is 0.170. The van der Waals surface area contributed by atoms with Crippen LogP contribution in [-0.2, 0) is 16.6 Å². The third-order valence-corrected chi connectivity index (χ3v) is 3.25. The van der Waals surface area contributed by atoms with Crippen LogP contribution in [0.2, 0.25) is 0 Å². The van der Waals surface area contributed by atoms with Gasteiger partial charge >= 0.3 is 0 Å². The highest BCUT2D eigenvalue weighted by Crippen LogP contribution is 2.47. The molecule has 0 spiro atoms. The zero-order valence-corrected chi connectivity index (χ0v) is 9.25. The molecule has 2 rings (SSSR count). The van der Waals surface area contributed by atoms with E-state index in [1.165, 1.54) is 5.56 Å². The van der Waals surface area contributed by atoms with Gasteiger partial charge in [-0.25, -0.2) is 0 Å². The Morgan fingerprint density at radius 2 is 2.20 bits per heavy atom. The molecule has 15 heavy (non-hydrogen) atoms. The molecule has 1 fully saturated rings. The van der Waals surface area contributed by atoms with Crippen LogP contribution in [0.3, 0.4) is 0 Å². The van der Waals surface area contributed by atoms with Crippen molar-refractivity contribution in [3.05, 3.63) is 29.3 Å². The predicted octanol–water partition coefficient (Wildman–Crippen LogP) is 2.49. The molecule has 1 aromatic carbocycles. The maximum absolute atomic E-state index is 11.0. The first-order chi connectivity index (χ1) is 7.25. The van der Waals surface area contributed by atoms with Gasteiger partial charge in [-0.1, -0.05) is 19.1 Å². The zero-order chi connectivity index (χ0) is 10.9. The number of ether oxygens (including phenoxy) is 1. The zero-order valence-electron chi connectivity index (χ0n) is 9.25. The second-order valence-corrected chi connectivity index (χ2v) is 4.15. The molecule has 0 saturated heterocycles. The van der Waals surface area contributed by atoms with Crippen molar-refractivity contribution in [3.8, 4) is 5.75 Å². The van der Waals surface area contributed by atoms with E-state index in [-0.39, 0.29) is 5.41 Å². The Bertz CT molecular complexity index is 378. The van der Waals surface area contributed by atoms with E-state index in [4.69, 9.17) is 4.74 Å². The van der Waals surface area contributed by atoms with E-state index in [1.807, 2.05) is 12.1 Å². The Balaban J connectivity index is 2.39. The monoisotopic (exact) mass is 204 g/mol. The van der Waals surface area contributed by atoms with Crippen LogP contribution in [0, 0.1) is 0 Å². The van der Waals surface area contributed by atoms with E-state index in [9.17, 15) is 4.79 Å². The fourth-order valence-corrected chi connectivity index (χ4v) is 1.97. The van der Waals surface area contributed by atoms with Gasteiger partial charge in [0.05, 0.1) is 12.5 Å². The maximum atomic E-state index is 11.0. The summed E-state index contributed by atoms with van der Waals surface area (Å²) in [5.41, 5.74) is 2.16. The van der Waals surface area contributed by atoms with Gasteiger partial charge in [0.2, 0.25) is 0 Å². The molecule has 0 N–H and O–H groups in total. The van der Waals surface area contributed by atoms with E-state index in [0.29, 0.717) is 0 Å². The first kappa shape index (κ1) is 10.2. The Labute approximate surface area is 90.3 Å². The van der Waals surface area contributed by atoms with Crippen LogP contribution in [0.1, 0.15) is 30.9 Å².